The van der Waals surface area contributed by atoms with E-state index in [9.17, 15) is 18.0 Å². The molecule has 0 N–H and O–H groups in total. The predicted molar refractivity (Wildman–Crippen MR) is 107 cm³/mol. The Labute approximate surface area is 173 Å². The number of hydrogen-bond acceptors (Lipinski definition) is 2. The zero-order valence-electron chi connectivity index (χ0n) is 16.6. The molecular formula is C23H22F3N3O. The van der Waals surface area contributed by atoms with Crippen LogP contribution in [0.5, 0.6) is 0 Å². The van der Waals surface area contributed by atoms with E-state index in [1.165, 1.54) is 12.1 Å². The average molecular weight is 413 g/mol. The Hall–Kier alpha value is -3.09. The molecule has 1 saturated carbocycles. The van der Waals surface area contributed by atoms with Crippen LogP contribution < -0.4 is 0 Å². The van der Waals surface area contributed by atoms with Crippen LogP contribution in [0.4, 0.5) is 13.2 Å². The van der Waals surface area contributed by atoms with Gasteiger partial charge in [0.25, 0.3) is 5.91 Å². The van der Waals surface area contributed by atoms with Gasteiger partial charge in [-0.1, -0.05) is 29.8 Å². The number of aromatic nitrogens is 2. The van der Waals surface area contributed by atoms with E-state index in [1.807, 2.05) is 40.7 Å². The van der Waals surface area contributed by atoms with Crippen LogP contribution in [0, 0.1) is 6.92 Å². The minimum atomic E-state index is -4.35. The highest BCUT2D eigenvalue weighted by molar-refractivity contribution is 5.94. The third kappa shape index (κ3) is 4.56. The van der Waals surface area contributed by atoms with E-state index in [4.69, 9.17) is 0 Å². The minimum Gasteiger partial charge on any atom is -0.329 e. The van der Waals surface area contributed by atoms with E-state index in [2.05, 4.69) is 4.98 Å². The maximum absolute atomic E-state index is 13.0. The summed E-state index contributed by atoms with van der Waals surface area (Å²) in [5, 5.41) is 0. The molecule has 4 nitrogen and oxygen atoms in total. The number of aryl methyl sites for hydroxylation is 1. The maximum Gasteiger partial charge on any atom is 0.416 e. The number of rotatable bonds is 6. The molecule has 0 atom stereocenters. The van der Waals surface area contributed by atoms with Crippen LogP contribution in [0.25, 0.3) is 0 Å². The van der Waals surface area contributed by atoms with Crippen molar-refractivity contribution in [2.24, 2.45) is 0 Å². The quantitative estimate of drug-likeness (QED) is 0.566. The van der Waals surface area contributed by atoms with Gasteiger partial charge in [0, 0.05) is 30.5 Å². The van der Waals surface area contributed by atoms with Crippen LogP contribution in [0.3, 0.4) is 0 Å². The largest absolute Gasteiger partial charge is 0.416 e. The van der Waals surface area contributed by atoms with Gasteiger partial charge >= 0.3 is 6.18 Å². The van der Waals surface area contributed by atoms with Crippen LogP contribution in [0.1, 0.15) is 45.7 Å². The molecule has 1 aliphatic carbocycles. The normalized spacial score (nSPS) is 14.0. The van der Waals surface area contributed by atoms with Gasteiger partial charge in [0.05, 0.1) is 12.1 Å². The standard InChI is InChI=1S/C23H22F3N3O/c1-16-2-6-18(7-3-16)22(30)29(20-10-11-20)15-21-27-12-13-28(21)14-17-4-8-19(9-5-17)23(24,25)26/h2-9,12-13,20H,10-11,14-15H2,1H3. The number of imidazole rings is 1. The van der Waals surface area contributed by atoms with Gasteiger partial charge in [0.15, 0.2) is 0 Å². The topological polar surface area (TPSA) is 38.1 Å². The highest BCUT2D eigenvalue weighted by atomic mass is 19.4. The average Bonchev–Trinajstić information content (AvgIpc) is 3.46. The summed E-state index contributed by atoms with van der Waals surface area (Å²) in [6.07, 6.45) is 1.03. The molecular weight excluding hydrogens is 391 g/mol. The molecule has 4 rings (SSSR count). The van der Waals surface area contributed by atoms with Gasteiger partial charge in [0.2, 0.25) is 0 Å². The number of amides is 1. The van der Waals surface area contributed by atoms with E-state index in [1.54, 1.807) is 12.4 Å². The molecule has 0 radical (unpaired) electrons. The van der Waals surface area contributed by atoms with Crippen molar-refractivity contribution in [2.45, 2.75) is 45.1 Å². The van der Waals surface area contributed by atoms with Crippen molar-refractivity contribution in [1.82, 2.24) is 14.5 Å². The maximum atomic E-state index is 13.0. The lowest BCUT2D eigenvalue weighted by Crippen LogP contribution is -2.33. The number of hydrogen-bond donors (Lipinski definition) is 0. The van der Waals surface area contributed by atoms with Crippen molar-refractivity contribution in [3.05, 3.63) is 89.0 Å². The summed E-state index contributed by atoms with van der Waals surface area (Å²) in [5.41, 5.74) is 1.82. The van der Waals surface area contributed by atoms with Gasteiger partial charge in [-0.25, -0.2) is 4.98 Å². The van der Waals surface area contributed by atoms with Gasteiger partial charge in [0.1, 0.15) is 5.82 Å². The summed E-state index contributed by atoms with van der Waals surface area (Å²) in [7, 11) is 0. The fourth-order valence-electron chi connectivity index (χ4n) is 3.40. The number of halogens is 3. The first-order chi connectivity index (χ1) is 14.3. The third-order valence-corrected chi connectivity index (χ3v) is 5.29. The highest BCUT2D eigenvalue weighted by Gasteiger charge is 2.34. The summed E-state index contributed by atoms with van der Waals surface area (Å²) in [5.74, 6) is 0.684. The molecule has 2 aromatic carbocycles. The summed E-state index contributed by atoms with van der Waals surface area (Å²) < 4.78 is 40.2. The van der Waals surface area contributed by atoms with Crippen molar-refractivity contribution in [3.8, 4) is 0 Å². The molecule has 0 saturated heterocycles. The van der Waals surface area contributed by atoms with E-state index in [-0.39, 0.29) is 11.9 Å². The van der Waals surface area contributed by atoms with E-state index >= 15 is 0 Å². The fourth-order valence-corrected chi connectivity index (χ4v) is 3.40. The molecule has 1 aliphatic rings. The smallest absolute Gasteiger partial charge is 0.329 e. The molecule has 0 spiro atoms. The Morgan fingerprint density at radius 3 is 2.37 bits per heavy atom. The molecule has 1 heterocycles. The SMILES string of the molecule is Cc1ccc(C(=O)N(Cc2nccn2Cc2ccc(C(F)(F)F)cc2)C2CC2)cc1. The molecule has 1 amide bonds. The van der Waals surface area contributed by atoms with Crippen LogP contribution in [-0.2, 0) is 19.3 Å². The second-order valence-corrected chi connectivity index (χ2v) is 7.70. The van der Waals surface area contributed by atoms with Crippen molar-refractivity contribution < 1.29 is 18.0 Å². The number of carbonyl (C=O) groups excluding carboxylic acids is 1. The summed E-state index contributed by atoms with van der Waals surface area (Å²) in [4.78, 5) is 19.3. The van der Waals surface area contributed by atoms with E-state index in [0.717, 1.165) is 36.1 Å². The molecule has 1 fully saturated rings. The van der Waals surface area contributed by atoms with Crippen LogP contribution in [-0.4, -0.2) is 26.4 Å². The number of benzene rings is 2. The lowest BCUT2D eigenvalue weighted by atomic mass is 10.1. The number of alkyl halides is 3. The Morgan fingerprint density at radius 2 is 1.77 bits per heavy atom. The van der Waals surface area contributed by atoms with Crippen molar-refractivity contribution in [3.63, 3.8) is 0 Å². The Kier molecular flexibility index (Phi) is 5.37. The second-order valence-electron chi connectivity index (χ2n) is 7.70. The van der Waals surface area contributed by atoms with Crippen molar-refractivity contribution in [2.75, 3.05) is 0 Å². The predicted octanol–water partition coefficient (Wildman–Crippen LogP) is 5.06. The zero-order chi connectivity index (χ0) is 21.3. The Bertz CT molecular complexity index is 1020. The Balaban J connectivity index is 1.50. The summed E-state index contributed by atoms with van der Waals surface area (Å²) >= 11 is 0. The molecule has 3 aromatic rings. The molecule has 1 aromatic heterocycles. The van der Waals surface area contributed by atoms with Crippen molar-refractivity contribution in [1.29, 1.82) is 0 Å². The van der Waals surface area contributed by atoms with Gasteiger partial charge in [-0.05, 0) is 49.6 Å². The van der Waals surface area contributed by atoms with Gasteiger partial charge in [-0.2, -0.15) is 13.2 Å². The molecule has 156 valence electrons. The molecule has 0 bridgehead atoms. The first kappa shape index (κ1) is 20.2. The molecule has 30 heavy (non-hydrogen) atoms. The van der Waals surface area contributed by atoms with Crippen LogP contribution >= 0.6 is 0 Å². The monoisotopic (exact) mass is 413 g/mol. The van der Waals surface area contributed by atoms with Gasteiger partial charge in [-0.15, -0.1) is 0 Å². The zero-order valence-corrected chi connectivity index (χ0v) is 16.6. The van der Waals surface area contributed by atoms with E-state index < -0.39 is 11.7 Å². The molecule has 0 unspecified atom stereocenters. The first-order valence-electron chi connectivity index (χ1n) is 9.85. The first-order valence-corrected chi connectivity index (χ1v) is 9.85. The number of nitrogens with zero attached hydrogens (tertiary/aromatic N) is 3. The summed E-state index contributed by atoms with van der Waals surface area (Å²) in [6, 6.07) is 12.8. The summed E-state index contributed by atoms with van der Waals surface area (Å²) in [6.45, 7) is 2.74. The lowest BCUT2D eigenvalue weighted by Gasteiger charge is -2.23. The second kappa shape index (κ2) is 7.97. The molecule has 7 heteroatoms. The highest BCUT2D eigenvalue weighted by Crippen LogP contribution is 2.31. The van der Waals surface area contributed by atoms with Gasteiger partial charge < -0.3 is 9.47 Å². The van der Waals surface area contributed by atoms with E-state index in [0.29, 0.717) is 24.5 Å². The molecule has 0 aliphatic heterocycles. The fraction of sp³-hybridized carbons (Fsp3) is 0.304. The number of carbonyl (C=O) groups is 1. The Morgan fingerprint density at radius 1 is 1.10 bits per heavy atom. The van der Waals surface area contributed by atoms with Gasteiger partial charge in [-0.3, -0.25) is 4.79 Å². The van der Waals surface area contributed by atoms with Crippen LogP contribution in [0.15, 0.2) is 60.9 Å². The lowest BCUT2D eigenvalue weighted by molar-refractivity contribution is -0.137. The van der Waals surface area contributed by atoms with Crippen LogP contribution in [0.2, 0.25) is 0 Å². The minimum absolute atomic E-state index is 0.0263. The third-order valence-electron chi connectivity index (χ3n) is 5.29. The van der Waals surface area contributed by atoms with Crippen molar-refractivity contribution >= 4 is 5.91 Å².